The van der Waals surface area contributed by atoms with E-state index in [4.69, 9.17) is 14.5 Å². The first-order valence-electron chi connectivity index (χ1n) is 13.1. The summed E-state index contributed by atoms with van der Waals surface area (Å²) in [5.41, 5.74) is 4.85. The second kappa shape index (κ2) is 9.98. The Labute approximate surface area is 226 Å². The third-order valence-corrected chi connectivity index (χ3v) is 6.72. The van der Waals surface area contributed by atoms with Crippen LogP contribution in [0.5, 0.6) is 5.75 Å². The Hall–Kier alpha value is -4.53. The van der Waals surface area contributed by atoms with E-state index in [1.807, 2.05) is 69.7 Å². The van der Waals surface area contributed by atoms with Gasteiger partial charge in [0.2, 0.25) is 0 Å². The van der Waals surface area contributed by atoms with E-state index < -0.39 is 5.60 Å². The van der Waals surface area contributed by atoms with Gasteiger partial charge in [-0.2, -0.15) is 5.10 Å². The molecule has 198 valence electrons. The van der Waals surface area contributed by atoms with Crippen molar-refractivity contribution in [3.05, 3.63) is 73.4 Å². The van der Waals surface area contributed by atoms with Crippen LogP contribution in [0.2, 0.25) is 0 Å². The third-order valence-electron chi connectivity index (χ3n) is 6.72. The molecule has 0 radical (unpaired) electrons. The fraction of sp³-hybridized carbons (Fsp3) is 0.300. The Balaban J connectivity index is 1.13. The zero-order valence-corrected chi connectivity index (χ0v) is 22.2. The number of carbonyl (C=O) groups excluding carboxylic acids is 1. The van der Waals surface area contributed by atoms with Crippen molar-refractivity contribution in [2.24, 2.45) is 0 Å². The first-order valence-corrected chi connectivity index (χ1v) is 13.1. The molecule has 1 aliphatic heterocycles. The summed E-state index contributed by atoms with van der Waals surface area (Å²) in [6, 6.07) is 13.9. The molecule has 6 rings (SSSR count). The standard InChI is InChI=1S/C30H30N6O3/c1-30(2,3)39-29(37)35-14-11-21(12-15-35)38-22-9-10-26(32-17-22)20-16-33-28-25(18-34-36(28)19-20)23-6-4-8-27-24(23)7-5-13-31-27/h4-10,13,16-19,21H,11-12,14-15H2,1-3H3. The van der Waals surface area contributed by atoms with Gasteiger partial charge in [-0.25, -0.2) is 14.3 Å². The molecule has 0 saturated carbocycles. The first-order chi connectivity index (χ1) is 18.8. The Morgan fingerprint density at radius 3 is 2.54 bits per heavy atom. The molecule has 9 nitrogen and oxygen atoms in total. The van der Waals surface area contributed by atoms with Gasteiger partial charge in [-0.05, 0) is 50.6 Å². The van der Waals surface area contributed by atoms with Crippen LogP contribution in [0.25, 0.3) is 38.9 Å². The Bertz CT molecular complexity index is 1630. The highest BCUT2D eigenvalue weighted by Gasteiger charge is 2.27. The quantitative estimate of drug-likeness (QED) is 0.295. The maximum Gasteiger partial charge on any atom is 0.410 e. The van der Waals surface area contributed by atoms with Crippen LogP contribution in [-0.4, -0.2) is 60.4 Å². The summed E-state index contributed by atoms with van der Waals surface area (Å²) in [7, 11) is 0. The fourth-order valence-electron chi connectivity index (χ4n) is 4.83. The summed E-state index contributed by atoms with van der Waals surface area (Å²) in [6.45, 7) is 6.85. The van der Waals surface area contributed by atoms with Crippen molar-refractivity contribution in [2.75, 3.05) is 13.1 Å². The van der Waals surface area contributed by atoms with Crippen molar-refractivity contribution >= 4 is 22.6 Å². The van der Waals surface area contributed by atoms with E-state index in [9.17, 15) is 4.79 Å². The van der Waals surface area contributed by atoms with Crippen molar-refractivity contribution in [2.45, 2.75) is 45.3 Å². The number of likely N-dealkylation sites (tertiary alicyclic amines) is 1. The monoisotopic (exact) mass is 522 g/mol. The lowest BCUT2D eigenvalue weighted by molar-refractivity contribution is 0.0126. The lowest BCUT2D eigenvalue weighted by Gasteiger charge is -2.33. The van der Waals surface area contributed by atoms with Gasteiger partial charge in [-0.1, -0.05) is 18.2 Å². The minimum atomic E-state index is -0.494. The topological polar surface area (TPSA) is 94.7 Å². The van der Waals surface area contributed by atoms with Gasteiger partial charge in [-0.3, -0.25) is 9.97 Å². The number of rotatable bonds is 4. The number of nitrogens with zero attached hydrogens (tertiary/aromatic N) is 6. The van der Waals surface area contributed by atoms with Crippen LogP contribution >= 0.6 is 0 Å². The summed E-state index contributed by atoms with van der Waals surface area (Å²) >= 11 is 0. The lowest BCUT2D eigenvalue weighted by atomic mass is 10.0. The zero-order chi connectivity index (χ0) is 27.0. The number of fused-ring (bicyclic) bond motifs is 2. The molecule has 0 spiro atoms. The van der Waals surface area contributed by atoms with Gasteiger partial charge < -0.3 is 14.4 Å². The molecular weight excluding hydrogens is 492 g/mol. The highest BCUT2D eigenvalue weighted by molar-refractivity contribution is 5.97. The second-order valence-electron chi connectivity index (χ2n) is 10.7. The molecule has 4 aromatic heterocycles. The van der Waals surface area contributed by atoms with Crippen molar-refractivity contribution in [3.63, 3.8) is 0 Å². The van der Waals surface area contributed by atoms with Crippen molar-refractivity contribution in [1.29, 1.82) is 0 Å². The van der Waals surface area contributed by atoms with Gasteiger partial charge in [-0.15, -0.1) is 0 Å². The molecule has 5 aromatic rings. The minimum Gasteiger partial charge on any atom is -0.489 e. The SMILES string of the molecule is CC(C)(C)OC(=O)N1CCC(Oc2ccc(-c3cnc4c(-c5cccc6ncccc56)cnn4c3)nc2)CC1. The van der Waals surface area contributed by atoms with Crippen molar-refractivity contribution < 1.29 is 14.3 Å². The fourth-order valence-corrected chi connectivity index (χ4v) is 4.83. The molecular formula is C30H30N6O3. The molecule has 1 saturated heterocycles. The number of pyridine rings is 2. The molecule has 5 heterocycles. The van der Waals surface area contributed by atoms with E-state index in [1.54, 1.807) is 21.8 Å². The number of amides is 1. The molecule has 1 aliphatic rings. The molecule has 0 aliphatic carbocycles. The van der Waals surface area contributed by atoms with Crippen LogP contribution in [0.3, 0.4) is 0 Å². The van der Waals surface area contributed by atoms with Crippen LogP contribution in [-0.2, 0) is 4.74 Å². The van der Waals surface area contributed by atoms with E-state index in [0.717, 1.165) is 51.8 Å². The average Bonchev–Trinajstić information content (AvgIpc) is 3.36. The first kappa shape index (κ1) is 24.8. The van der Waals surface area contributed by atoms with Crippen LogP contribution in [0.4, 0.5) is 4.79 Å². The van der Waals surface area contributed by atoms with Crippen LogP contribution in [0.15, 0.2) is 73.4 Å². The molecule has 0 unspecified atom stereocenters. The number of piperidine rings is 1. The number of ether oxygens (including phenoxy) is 2. The zero-order valence-electron chi connectivity index (χ0n) is 22.2. The maximum absolute atomic E-state index is 12.3. The molecule has 0 atom stereocenters. The van der Waals surface area contributed by atoms with E-state index in [-0.39, 0.29) is 12.2 Å². The normalized spacial score (nSPS) is 14.6. The summed E-state index contributed by atoms with van der Waals surface area (Å²) in [4.78, 5) is 27.8. The molecule has 0 N–H and O–H groups in total. The van der Waals surface area contributed by atoms with Gasteiger partial charge >= 0.3 is 6.09 Å². The predicted octanol–water partition coefficient (Wildman–Crippen LogP) is 5.78. The van der Waals surface area contributed by atoms with Crippen molar-refractivity contribution in [3.8, 4) is 28.1 Å². The van der Waals surface area contributed by atoms with E-state index >= 15 is 0 Å². The molecule has 39 heavy (non-hydrogen) atoms. The smallest absolute Gasteiger partial charge is 0.410 e. The highest BCUT2D eigenvalue weighted by atomic mass is 16.6. The lowest BCUT2D eigenvalue weighted by Crippen LogP contribution is -2.44. The van der Waals surface area contributed by atoms with Crippen LogP contribution < -0.4 is 4.74 Å². The maximum atomic E-state index is 12.3. The van der Waals surface area contributed by atoms with E-state index in [1.165, 1.54) is 0 Å². The van der Waals surface area contributed by atoms with Gasteiger partial charge in [0, 0.05) is 61.0 Å². The number of carbonyl (C=O) groups is 1. The summed E-state index contributed by atoms with van der Waals surface area (Å²) in [5, 5.41) is 5.63. The number of hydrogen-bond acceptors (Lipinski definition) is 7. The van der Waals surface area contributed by atoms with Gasteiger partial charge in [0.05, 0.1) is 23.6 Å². The predicted molar refractivity (Wildman–Crippen MR) is 148 cm³/mol. The summed E-state index contributed by atoms with van der Waals surface area (Å²) in [6.07, 6.45) is 10.4. The number of aromatic nitrogens is 5. The number of benzene rings is 1. The van der Waals surface area contributed by atoms with Gasteiger partial charge in [0.15, 0.2) is 5.65 Å². The third kappa shape index (κ3) is 5.25. The molecule has 1 amide bonds. The van der Waals surface area contributed by atoms with Gasteiger partial charge in [0.25, 0.3) is 0 Å². The molecule has 9 heteroatoms. The molecule has 1 fully saturated rings. The van der Waals surface area contributed by atoms with Gasteiger partial charge in [0.1, 0.15) is 17.5 Å². The number of hydrogen-bond donors (Lipinski definition) is 0. The minimum absolute atomic E-state index is 0.0288. The van der Waals surface area contributed by atoms with Crippen molar-refractivity contribution in [1.82, 2.24) is 29.5 Å². The summed E-state index contributed by atoms with van der Waals surface area (Å²) < 4.78 is 13.4. The highest BCUT2D eigenvalue weighted by Crippen LogP contribution is 2.31. The van der Waals surface area contributed by atoms with E-state index in [0.29, 0.717) is 18.8 Å². The summed E-state index contributed by atoms with van der Waals surface area (Å²) in [5.74, 6) is 0.703. The average molecular weight is 523 g/mol. The second-order valence-corrected chi connectivity index (χ2v) is 10.7. The van der Waals surface area contributed by atoms with Crippen LogP contribution in [0.1, 0.15) is 33.6 Å². The van der Waals surface area contributed by atoms with Crippen LogP contribution in [0, 0.1) is 0 Å². The Kier molecular flexibility index (Phi) is 6.34. The molecule has 1 aromatic carbocycles. The largest absolute Gasteiger partial charge is 0.489 e. The Morgan fingerprint density at radius 2 is 1.77 bits per heavy atom. The van der Waals surface area contributed by atoms with E-state index in [2.05, 4.69) is 27.2 Å². The Morgan fingerprint density at radius 1 is 0.923 bits per heavy atom. The molecule has 0 bridgehead atoms.